The molecule has 2 fully saturated rings. The van der Waals surface area contributed by atoms with Crippen molar-refractivity contribution >= 4 is 33.0 Å². The molecule has 160 valence electrons. The van der Waals surface area contributed by atoms with Crippen LogP contribution < -0.4 is 4.90 Å². The van der Waals surface area contributed by atoms with E-state index in [0.29, 0.717) is 30.2 Å². The molecule has 1 aromatic carbocycles. The SMILES string of the molecule is O=C(c1c2c(nn1[C@H]1CCS(=O)(=O)C1)CCC2)N1CCN(c2cccc(Cl)c2)CC1. The van der Waals surface area contributed by atoms with Crippen molar-refractivity contribution in [2.75, 3.05) is 42.6 Å². The third kappa shape index (κ3) is 3.60. The largest absolute Gasteiger partial charge is 0.368 e. The average Bonchev–Trinajstić information content (AvgIpc) is 3.41. The molecule has 5 rings (SSSR count). The van der Waals surface area contributed by atoms with Crippen LogP contribution in [0.2, 0.25) is 5.02 Å². The van der Waals surface area contributed by atoms with E-state index < -0.39 is 9.84 Å². The van der Waals surface area contributed by atoms with Crippen LogP contribution in [0.4, 0.5) is 5.69 Å². The zero-order chi connectivity index (χ0) is 20.9. The van der Waals surface area contributed by atoms with Gasteiger partial charge in [0, 0.05) is 42.5 Å². The van der Waals surface area contributed by atoms with Gasteiger partial charge in [0.1, 0.15) is 5.69 Å². The molecule has 7 nitrogen and oxygen atoms in total. The van der Waals surface area contributed by atoms with Crippen LogP contribution >= 0.6 is 11.6 Å². The highest BCUT2D eigenvalue weighted by atomic mass is 35.5. The first kappa shape index (κ1) is 19.9. The lowest BCUT2D eigenvalue weighted by Gasteiger charge is -2.36. The number of fused-ring (bicyclic) bond motifs is 1. The molecule has 1 aliphatic carbocycles. The van der Waals surface area contributed by atoms with Crippen LogP contribution in [0.3, 0.4) is 0 Å². The van der Waals surface area contributed by atoms with Crippen molar-refractivity contribution in [1.82, 2.24) is 14.7 Å². The molecule has 0 N–H and O–H groups in total. The number of carbonyl (C=O) groups is 1. The maximum absolute atomic E-state index is 13.5. The molecule has 1 aromatic heterocycles. The molecule has 0 radical (unpaired) electrons. The van der Waals surface area contributed by atoms with Gasteiger partial charge in [-0.1, -0.05) is 17.7 Å². The number of aromatic nitrogens is 2. The van der Waals surface area contributed by atoms with E-state index in [4.69, 9.17) is 16.7 Å². The number of aryl methyl sites for hydroxylation is 1. The van der Waals surface area contributed by atoms with Gasteiger partial charge in [-0.2, -0.15) is 5.10 Å². The number of hydrogen-bond donors (Lipinski definition) is 0. The quantitative estimate of drug-likeness (QED) is 0.720. The van der Waals surface area contributed by atoms with Gasteiger partial charge in [0.05, 0.1) is 23.2 Å². The van der Waals surface area contributed by atoms with Crippen molar-refractivity contribution in [3.8, 4) is 0 Å². The van der Waals surface area contributed by atoms with Gasteiger partial charge in [-0.05, 0) is 43.9 Å². The first-order chi connectivity index (χ1) is 14.4. The molecule has 1 amide bonds. The Bertz CT molecular complexity index is 1090. The van der Waals surface area contributed by atoms with Crippen LogP contribution in [0, 0.1) is 0 Å². The number of amides is 1. The normalized spacial score (nSPS) is 23.0. The third-order valence-electron chi connectivity index (χ3n) is 6.43. The first-order valence-corrected chi connectivity index (χ1v) is 12.7. The highest BCUT2D eigenvalue weighted by Crippen LogP contribution is 2.32. The van der Waals surface area contributed by atoms with E-state index in [1.807, 2.05) is 29.2 Å². The molecule has 30 heavy (non-hydrogen) atoms. The van der Waals surface area contributed by atoms with Crippen LogP contribution in [-0.4, -0.2) is 66.7 Å². The summed E-state index contributed by atoms with van der Waals surface area (Å²) in [5.74, 6) is 0.241. The Hall–Kier alpha value is -2.06. The van der Waals surface area contributed by atoms with Crippen LogP contribution in [0.1, 0.15) is 40.6 Å². The number of carbonyl (C=O) groups excluding carboxylic acids is 1. The molecule has 3 aliphatic rings. The van der Waals surface area contributed by atoms with Crippen molar-refractivity contribution in [3.05, 3.63) is 46.2 Å². The second-order valence-corrected chi connectivity index (χ2v) is 11.1. The van der Waals surface area contributed by atoms with Crippen molar-refractivity contribution in [2.24, 2.45) is 0 Å². The van der Waals surface area contributed by atoms with Crippen LogP contribution in [0.5, 0.6) is 0 Å². The Morgan fingerprint density at radius 3 is 2.63 bits per heavy atom. The number of piperazine rings is 1. The van der Waals surface area contributed by atoms with Crippen molar-refractivity contribution < 1.29 is 13.2 Å². The Labute approximate surface area is 181 Å². The zero-order valence-corrected chi connectivity index (χ0v) is 18.3. The van der Waals surface area contributed by atoms with Crippen molar-refractivity contribution in [1.29, 1.82) is 0 Å². The van der Waals surface area contributed by atoms with Gasteiger partial charge >= 0.3 is 0 Å². The average molecular weight is 449 g/mol. The molecule has 0 bridgehead atoms. The smallest absolute Gasteiger partial charge is 0.272 e. The fourth-order valence-electron chi connectivity index (χ4n) is 4.86. The summed E-state index contributed by atoms with van der Waals surface area (Å²) in [7, 11) is -3.05. The predicted octanol–water partition coefficient (Wildman–Crippen LogP) is 2.35. The summed E-state index contributed by atoms with van der Waals surface area (Å²) < 4.78 is 25.8. The summed E-state index contributed by atoms with van der Waals surface area (Å²) in [6.45, 7) is 2.71. The van der Waals surface area contributed by atoms with Gasteiger partial charge in [-0.25, -0.2) is 8.42 Å². The zero-order valence-electron chi connectivity index (χ0n) is 16.8. The van der Waals surface area contributed by atoms with Crippen LogP contribution in [-0.2, 0) is 22.7 Å². The Kier molecular flexibility index (Phi) is 5.01. The fourth-order valence-corrected chi connectivity index (χ4v) is 6.74. The number of benzene rings is 1. The standard InChI is InChI=1S/C21H25ClN4O3S/c22-15-3-1-4-16(13-15)24-8-10-25(11-9-24)21(27)20-18-5-2-6-19(18)23-26(20)17-7-12-30(28,29)14-17/h1,3-4,13,17H,2,5-12,14H2/t17-/m0/s1. The van der Waals surface area contributed by atoms with Crippen LogP contribution in [0.15, 0.2) is 24.3 Å². The highest BCUT2D eigenvalue weighted by molar-refractivity contribution is 7.91. The highest BCUT2D eigenvalue weighted by Gasteiger charge is 2.37. The van der Waals surface area contributed by atoms with E-state index in [-0.39, 0.29) is 23.5 Å². The molecule has 3 heterocycles. The van der Waals surface area contributed by atoms with E-state index in [0.717, 1.165) is 49.3 Å². The summed E-state index contributed by atoms with van der Waals surface area (Å²) in [5.41, 5.74) is 3.69. The number of anilines is 1. The lowest BCUT2D eigenvalue weighted by atomic mass is 10.1. The third-order valence-corrected chi connectivity index (χ3v) is 8.41. The van der Waals surface area contributed by atoms with Gasteiger partial charge in [0.15, 0.2) is 9.84 Å². The molecule has 1 atom stereocenters. The van der Waals surface area contributed by atoms with E-state index >= 15 is 0 Å². The first-order valence-electron chi connectivity index (χ1n) is 10.5. The summed E-state index contributed by atoms with van der Waals surface area (Å²) >= 11 is 6.12. The van der Waals surface area contributed by atoms with Gasteiger partial charge in [-0.15, -0.1) is 0 Å². The molecular weight excluding hydrogens is 424 g/mol. The van der Waals surface area contributed by atoms with Crippen LogP contribution in [0.25, 0.3) is 0 Å². The molecule has 0 saturated carbocycles. The van der Waals surface area contributed by atoms with Crippen molar-refractivity contribution in [2.45, 2.75) is 31.7 Å². The molecule has 0 spiro atoms. The Morgan fingerprint density at radius 1 is 1.13 bits per heavy atom. The number of rotatable bonds is 3. The van der Waals surface area contributed by atoms with Gasteiger partial charge in [0.2, 0.25) is 0 Å². The minimum absolute atomic E-state index is 0.0132. The predicted molar refractivity (Wildman–Crippen MR) is 116 cm³/mol. The van der Waals surface area contributed by atoms with Gasteiger partial charge < -0.3 is 9.80 Å². The monoisotopic (exact) mass is 448 g/mol. The molecule has 2 aliphatic heterocycles. The van der Waals surface area contributed by atoms with E-state index in [1.54, 1.807) is 4.68 Å². The minimum atomic E-state index is -3.05. The number of sulfone groups is 1. The van der Waals surface area contributed by atoms with Gasteiger partial charge in [-0.3, -0.25) is 9.48 Å². The van der Waals surface area contributed by atoms with E-state index in [1.165, 1.54) is 0 Å². The Morgan fingerprint density at radius 2 is 1.93 bits per heavy atom. The Balaban J connectivity index is 1.37. The topological polar surface area (TPSA) is 75.5 Å². The molecule has 2 saturated heterocycles. The second-order valence-electron chi connectivity index (χ2n) is 8.39. The summed E-state index contributed by atoms with van der Waals surface area (Å²) in [6.07, 6.45) is 3.25. The summed E-state index contributed by atoms with van der Waals surface area (Å²) in [6, 6.07) is 7.54. The number of hydrogen-bond acceptors (Lipinski definition) is 5. The molecule has 2 aromatic rings. The minimum Gasteiger partial charge on any atom is -0.368 e. The van der Waals surface area contributed by atoms with Gasteiger partial charge in [0.25, 0.3) is 5.91 Å². The summed E-state index contributed by atoms with van der Waals surface area (Å²) in [5, 5.41) is 5.41. The maximum Gasteiger partial charge on any atom is 0.272 e. The van der Waals surface area contributed by atoms with E-state index in [2.05, 4.69) is 4.90 Å². The lowest BCUT2D eigenvalue weighted by Crippen LogP contribution is -2.49. The number of halogens is 1. The molecular formula is C21H25ClN4O3S. The molecule has 0 unspecified atom stereocenters. The molecule has 9 heteroatoms. The van der Waals surface area contributed by atoms with E-state index in [9.17, 15) is 13.2 Å². The maximum atomic E-state index is 13.5. The fraction of sp³-hybridized carbons (Fsp3) is 0.524. The van der Waals surface area contributed by atoms with Crippen molar-refractivity contribution in [3.63, 3.8) is 0 Å². The number of nitrogens with zero attached hydrogens (tertiary/aromatic N) is 4. The second kappa shape index (κ2) is 7.57. The summed E-state index contributed by atoms with van der Waals surface area (Å²) in [4.78, 5) is 17.7. The lowest BCUT2D eigenvalue weighted by molar-refractivity contribution is 0.0730.